The largest absolute Gasteiger partial charge is 0.344 e. The van der Waals surface area contributed by atoms with Crippen molar-refractivity contribution < 1.29 is 9.18 Å². The van der Waals surface area contributed by atoms with Gasteiger partial charge in [0.15, 0.2) is 6.30 Å². The zero-order valence-electron chi connectivity index (χ0n) is 19.6. The van der Waals surface area contributed by atoms with Gasteiger partial charge in [-0.25, -0.2) is 9.37 Å². The summed E-state index contributed by atoms with van der Waals surface area (Å²) in [4.78, 5) is 19.3. The smallest absolute Gasteiger partial charge is 0.251 e. The highest BCUT2D eigenvalue weighted by Gasteiger charge is 2.42. The van der Waals surface area contributed by atoms with Crippen molar-refractivity contribution in [1.82, 2.24) is 25.3 Å². The van der Waals surface area contributed by atoms with Crippen LogP contribution >= 0.6 is 12.4 Å². The second-order valence-electron chi connectivity index (χ2n) is 8.63. The number of fused-ring (bicyclic) bond motifs is 1. The maximum absolute atomic E-state index is 16.4. The molecule has 0 radical (unpaired) electrons. The fourth-order valence-corrected chi connectivity index (χ4v) is 4.76. The molecule has 0 unspecified atom stereocenters. The average molecular weight is 495 g/mol. The average Bonchev–Trinajstić information content (AvgIpc) is 3.35. The van der Waals surface area contributed by atoms with E-state index in [1.54, 1.807) is 40.0 Å². The number of carbonyl (C=O) groups is 1. The van der Waals surface area contributed by atoms with E-state index in [-0.39, 0.29) is 24.2 Å². The van der Waals surface area contributed by atoms with Gasteiger partial charge in [0.1, 0.15) is 5.82 Å². The third-order valence-corrected chi connectivity index (χ3v) is 6.55. The maximum atomic E-state index is 16.4. The zero-order valence-corrected chi connectivity index (χ0v) is 20.5. The van der Waals surface area contributed by atoms with E-state index in [1.165, 1.54) is 0 Å². The molecule has 0 spiro atoms. The highest BCUT2D eigenvalue weighted by atomic mass is 35.5. The van der Waals surface area contributed by atoms with Crippen LogP contribution in [-0.2, 0) is 6.54 Å². The summed E-state index contributed by atoms with van der Waals surface area (Å²) in [6.45, 7) is 5.10. The van der Waals surface area contributed by atoms with Crippen molar-refractivity contribution in [2.45, 2.75) is 45.1 Å². The molecule has 182 valence electrons. The van der Waals surface area contributed by atoms with Gasteiger partial charge in [0.05, 0.1) is 11.7 Å². The summed E-state index contributed by atoms with van der Waals surface area (Å²) in [6.07, 6.45) is 2.66. The molecule has 1 saturated heterocycles. The van der Waals surface area contributed by atoms with E-state index < -0.39 is 12.3 Å². The Labute approximate surface area is 209 Å². The number of amides is 1. The molecular formula is C26H28ClFN6O. The van der Waals surface area contributed by atoms with Crippen molar-refractivity contribution in [3.05, 3.63) is 83.8 Å². The summed E-state index contributed by atoms with van der Waals surface area (Å²) < 4.78 is 18.1. The van der Waals surface area contributed by atoms with Crippen LogP contribution < -0.4 is 10.2 Å². The fraction of sp³-hybridized carbons (Fsp3) is 0.308. The number of pyridine rings is 1. The Morgan fingerprint density at radius 3 is 2.69 bits per heavy atom. The zero-order chi connectivity index (χ0) is 23.7. The number of halogens is 2. The SMILES string of the molecule is CCn1cc([C@@H]2CCN(c3nccc4cccc(C)c34)[C@H](F)[C@@H]2NC(=O)c2ccccc2)nn1.Cl. The molecule has 1 amide bonds. The van der Waals surface area contributed by atoms with Crippen LogP contribution in [0, 0.1) is 6.92 Å². The topological polar surface area (TPSA) is 75.9 Å². The fourth-order valence-electron chi connectivity index (χ4n) is 4.76. The lowest BCUT2D eigenvalue weighted by molar-refractivity contribution is 0.0872. The number of carbonyl (C=O) groups excluding carboxylic acids is 1. The lowest BCUT2D eigenvalue weighted by Gasteiger charge is -2.42. The number of alkyl halides is 1. The Hall–Kier alpha value is -3.52. The van der Waals surface area contributed by atoms with E-state index in [2.05, 4.69) is 20.6 Å². The molecule has 0 aliphatic carbocycles. The summed E-state index contributed by atoms with van der Waals surface area (Å²) in [5, 5.41) is 13.3. The molecule has 3 atom stereocenters. The Balaban J connectivity index is 0.00000289. The Morgan fingerprint density at radius 1 is 1.14 bits per heavy atom. The minimum Gasteiger partial charge on any atom is -0.344 e. The van der Waals surface area contributed by atoms with Crippen molar-refractivity contribution in [2.24, 2.45) is 0 Å². The molecule has 2 aromatic heterocycles. The van der Waals surface area contributed by atoms with Gasteiger partial charge in [-0.2, -0.15) is 0 Å². The standard InChI is InChI=1S/C26H27FN6O.ClH/c1-3-32-16-21(30-31-32)20-13-15-33(25-22-17(2)8-7-11-18(22)12-14-28-25)24(27)23(20)29-26(34)19-9-5-4-6-10-19;/h4-12,14,16,20,23-24H,3,13,15H2,1-2H3,(H,29,34);1H/t20-,23+,24-;/m0./s1. The summed E-state index contributed by atoms with van der Waals surface area (Å²) in [5.74, 6) is -0.0296. The van der Waals surface area contributed by atoms with Gasteiger partial charge in [-0.3, -0.25) is 9.48 Å². The van der Waals surface area contributed by atoms with Gasteiger partial charge < -0.3 is 10.2 Å². The van der Waals surface area contributed by atoms with E-state index in [4.69, 9.17) is 0 Å². The summed E-state index contributed by atoms with van der Waals surface area (Å²) in [5.41, 5.74) is 2.21. The van der Waals surface area contributed by atoms with E-state index in [9.17, 15) is 4.79 Å². The highest BCUT2D eigenvalue weighted by Crippen LogP contribution is 2.37. The van der Waals surface area contributed by atoms with Crippen molar-refractivity contribution in [2.75, 3.05) is 11.4 Å². The van der Waals surface area contributed by atoms with Gasteiger partial charge in [0.25, 0.3) is 5.91 Å². The van der Waals surface area contributed by atoms with Crippen LogP contribution in [0.25, 0.3) is 10.8 Å². The van der Waals surface area contributed by atoms with E-state index >= 15 is 4.39 Å². The first-order valence-corrected chi connectivity index (χ1v) is 11.6. The lowest BCUT2D eigenvalue weighted by Crippen LogP contribution is -2.57. The molecule has 4 aromatic rings. The van der Waals surface area contributed by atoms with Gasteiger partial charge in [0, 0.05) is 42.4 Å². The Bertz CT molecular complexity index is 1310. The predicted octanol–water partition coefficient (Wildman–Crippen LogP) is 4.66. The first kappa shape index (κ1) is 24.6. The third kappa shape index (κ3) is 4.71. The molecule has 1 aliphatic heterocycles. The first-order valence-electron chi connectivity index (χ1n) is 11.6. The molecule has 0 bridgehead atoms. The van der Waals surface area contributed by atoms with Gasteiger partial charge in [-0.15, -0.1) is 17.5 Å². The minimum absolute atomic E-state index is 0. The molecule has 1 N–H and O–H groups in total. The van der Waals surface area contributed by atoms with Crippen molar-refractivity contribution in [3.63, 3.8) is 0 Å². The summed E-state index contributed by atoms with van der Waals surface area (Å²) in [6, 6.07) is 16.0. The number of rotatable bonds is 5. The molecule has 0 saturated carbocycles. The number of nitrogens with zero attached hydrogens (tertiary/aromatic N) is 5. The summed E-state index contributed by atoms with van der Waals surface area (Å²) in [7, 11) is 0. The third-order valence-electron chi connectivity index (χ3n) is 6.55. The second kappa shape index (κ2) is 10.4. The van der Waals surface area contributed by atoms with Crippen LogP contribution in [0.2, 0.25) is 0 Å². The molecular weight excluding hydrogens is 467 g/mol. The molecule has 7 nitrogen and oxygen atoms in total. The van der Waals surface area contributed by atoms with E-state index in [0.29, 0.717) is 36.6 Å². The number of hydrogen-bond acceptors (Lipinski definition) is 5. The van der Waals surface area contributed by atoms with Crippen molar-refractivity contribution in [3.8, 4) is 0 Å². The molecule has 1 aliphatic rings. The second-order valence-corrected chi connectivity index (χ2v) is 8.63. The number of hydrogen-bond donors (Lipinski definition) is 1. The van der Waals surface area contributed by atoms with Crippen molar-refractivity contribution in [1.29, 1.82) is 0 Å². The highest BCUT2D eigenvalue weighted by molar-refractivity contribution is 5.96. The molecule has 1 fully saturated rings. The van der Waals surface area contributed by atoms with Crippen LogP contribution in [0.15, 0.2) is 67.0 Å². The normalized spacial score (nSPS) is 19.9. The van der Waals surface area contributed by atoms with Gasteiger partial charge in [0.2, 0.25) is 0 Å². The van der Waals surface area contributed by atoms with Gasteiger partial charge in [-0.1, -0.05) is 41.6 Å². The van der Waals surface area contributed by atoms with Crippen LogP contribution in [0.3, 0.4) is 0 Å². The van der Waals surface area contributed by atoms with Crippen LogP contribution in [0.5, 0.6) is 0 Å². The molecule has 9 heteroatoms. The summed E-state index contributed by atoms with van der Waals surface area (Å²) >= 11 is 0. The number of aryl methyl sites for hydroxylation is 2. The van der Waals surface area contributed by atoms with Gasteiger partial charge in [-0.05, 0) is 49.4 Å². The van der Waals surface area contributed by atoms with Gasteiger partial charge >= 0.3 is 0 Å². The molecule has 35 heavy (non-hydrogen) atoms. The quantitative estimate of drug-likeness (QED) is 0.408. The van der Waals surface area contributed by atoms with E-state index in [1.807, 2.05) is 50.4 Å². The molecule has 2 aromatic carbocycles. The number of aromatic nitrogens is 4. The molecule has 5 rings (SSSR count). The predicted molar refractivity (Wildman–Crippen MR) is 137 cm³/mol. The number of nitrogens with one attached hydrogen (secondary N) is 1. The Kier molecular flexibility index (Phi) is 7.31. The number of piperidine rings is 1. The Morgan fingerprint density at radius 2 is 1.94 bits per heavy atom. The van der Waals surface area contributed by atoms with Crippen molar-refractivity contribution >= 4 is 34.9 Å². The monoisotopic (exact) mass is 494 g/mol. The molecule has 3 heterocycles. The lowest BCUT2D eigenvalue weighted by atomic mass is 9.87. The van der Waals surface area contributed by atoms with E-state index in [0.717, 1.165) is 16.3 Å². The van der Waals surface area contributed by atoms with Crippen LogP contribution in [0.1, 0.15) is 40.9 Å². The first-order chi connectivity index (χ1) is 16.6. The minimum atomic E-state index is -1.49. The number of benzene rings is 2. The van der Waals surface area contributed by atoms with Crippen LogP contribution in [0.4, 0.5) is 10.2 Å². The number of anilines is 1. The van der Waals surface area contributed by atoms with Crippen LogP contribution in [-0.4, -0.2) is 44.8 Å². The maximum Gasteiger partial charge on any atom is 0.251 e.